The molecule has 0 fully saturated rings. The first kappa shape index (κ1) is 18.7. The van der Waals surface area contributed by atoms with Crippen LogP contribution in [-0.4, -0.2) is 0 Å². The quantitative estimate of drug-likeness (QED) is 0.363. The summed E-state index contributed by atoms with van der Waals surface area (Å²) in [7, 11) is -2.15. The maximum Gasteiger partial charge on any atom is 0.0636 e. The Kier molecular flexibility index (Phi) is 5.76. The molecule has 4 aromatic rings. The monoisotopic (exact) mass is 401 g/mol. The fourth-order valence-electron chi connectivity index (χ4n) is 3.45. The van der Waals surface area contributed by atoms with Gasteiger partial charge in [-0.2, -0.15) is 0 Å². The summed E-state index contributed by atoms with van der Waals surface area (Å²) in [5.74, 6) is 0. The average molecular weight is 402 g/mol. The summed E-state index contributed by atoms with van der Waals surface area (Å²) in [6, 6.07) is 40.0. The van der Waals surface area contributed by atoms with Crippen LogP contribution in [0, 0.1) is 0 Å². The predicted molar refractivity (Wildman–Crippen MR) is 123 cm³/mol. The molecule has 0 N–H and O–H groups in total. The first-order valence-electron chi connectivity index (χ1n) is 9.28. The van der Waals surface area contributed by atoms with Crippen LogP contribution in [0.4, 0.5) is 0 Å². The molecule has 0 saturated carbocycles. The lowest BCUT2D eigenvalue weighted by atomic mass is 10.2. The van der Waals surface area contributed by atoms with Gasteiger partial charge in [-0.1, -0.05) is 115 Å². The lowest BCUT2D eigenvalue weighted by molar-refractivity contribution is 1.09. The molecule has 0 aliphatic heterocycles. The van der Waals surface area contributed by atoms with Crippen LogP contribution in [0.25, 0.3) is 0 Å². The Morgan fingerprint density at radius 3 is 1.46 bits per heavy atom. The number of nitrogens with zero attached hydrogens (tertiary/aromatic N) is 1. The Balaban J connectivity index is 1.99. The fraction of sp³-hybridized carbons (Fsp3) is 0.0400. The van der Waals surface area contributed by atoms with Crippen molar-refractivity contribution in [1.29, 1.82) is 0 Å². The van der Waals surface area contributed by atoms with Gasteiger partial charge in [0.1, 0.15) is 0 Å². The average Bonchev–Trinajstić information content (AvgIpc) is 2.77. The minimum Gasteiger partial charge on any atom is -0.285 e. The fourth-order valence-corrected chi connectivity index (χ4v) is 7.23. The normalized spacial score (nSPS) is 11.2. The van der Waals surface area contributed by atoms with Crippen LogP contribution in [-0.2, 0) is 6.54 Å². The van der Waals surface area contributed by atoms with Crippen molar-refractivity contribution in [3.05, 3.63) is 126 Å². The van der Waals surface area contributed by atoms with E-state index in [1.807, 2.05) is 18.2 Å². The summed E-state index contributed by atoms with van der Waals surface area (Å²) < 4.78 is 5.43. The third kappa shape index (κ3) is 3.83. The van der Waals surface area contributed by atoms with E-state index in [-0.39, 0.29) is 0 Å². The molecule has 0 radical (unpaired) electrons. The highest BCUT2D eigenvalue weighted by Crippen LogP contribution is 2.46. The molecule has 0 aliphatic rings. The van der Waals surface area contributed by atoms with Crippen molar-refractivity contribution < 1.29 is 0 Å². The van der Waals surface area contributed by atoms with E-state index in [9.17, 15) is 0 Å². The molecule has 3 heteroatoms. The van der Waals surface area contributed by atoms with E-state index < -0.39 is 7.05 Å². The third-order valence-electron chi connectivity index (χ3n) is 4.74. The Hall–Kier alpha value is -2.60. The Bertz CT molecular complexity index is 990. The molecular weight excluding hydrogens is 381 g/mol. The van der Waals surface area contributed by atoms with Gasteiger partial charge in [0.05, 0.1) is 13.6 Å². The smallest absolute Gasteiger partial charge is 0.0636 e. The van der Waals surface area contributed by atoms with Crippen LogP contribution in [0.15, 0.2) is 120 Å². The van der Waals surface area contributed by atoms with Gasteiger partial charge in [0.2, 0.25) is 0 Å². The number of halogens is 1. The molecule has 138 valence electrons. The van der Waals surface area contributed by atoms with Gasteiger partial charge in [-0.25, -0.2) is 0 Å². The minimum atomic E-state index is -2.15. The molecule has 0 atom stereocenters. The van der Waals surface area contributed by atoms with Crippen molar-refractivity contribution in [3.63, 3.8) is 0 Å². The number of rotatable bonds is 5. The zero-order chi connectivity index (χ0) is 19.2. The van der Waals surface area contributed by atoms with E-state index in [1.165, 1.54) is 15.9 Å². The van der Waals surface area contributed by atoms with E-state index in [0.717, 1.165) is 10.6 Å². The summed E-state index contributed by atoms with van der Waals surface area (Å²) in [6.07, 6.45) is 0. The molecule has 4 rings (SSSR count). The Morgan fingerprint density at radius 2 is 1.04 bits per heavy atom. The maximum atomic E-state index is 6.21. The molecule has 0 amide bonds. The molecule has 0 bridgehead atoms. The van der Waals surface area contributed by atoms with E-state index in [0.29, 0.717) is 6.54 Å². The van der Waals surface area contributed by atoms with Gasteiger partial charge >= 0.3 is 0 Å². The second-order valence-electron chi connectivity index (χ2n) is 6.57. The van der Waals surface area contributed by atoms with Gasteiger partial charge in [0.15, 0.2) is 0 Å². The van der Waals surface area contributed by atoms with Gasteiger partial charge < -0.3 is 0 Å². The van der Waals surface area contributed by atoms with Crippen molar-refractivity contribution in [2.24, 2.45) is 4.74 Å². The molecule has 1 nitrogen and oxygen atoms in total. The van der Waals surface area contributed by atoms with Gasteiger partial charge in [-0.3, -0.25) is 4.74 Å². The van der Waals surface area contributed by atoms with Crippen LogP contribution >= 0.6 is 18.7 Å². The van der Waals surface area contributed by atoms with Gasteiger partial charge in [0.25, 0.3) is 0 Å². The van der Waals surface area contributed by atoms with E-state index >= 15 is 0 Å². The SMILES string of the molecule is Clc1cccc(CN=P(c2ccccc2)(c2ccccc2)c2ccccc2)c1. The largest absolute Gasteiger partial charge is 0.285 e. The van der Waals surface area contributed by atoms with Gasteiger partial charge in [-0.15, -0.1) is 0 Å². The Morgan fingerprint density at radius 1 is 0.571 bits per heavy atom. The minimum absolute atomic E-state index is 0.618. The predicted octanol–water partition coefficient (Wildman–Crippen LogP) is 6.02. The van der Waals surface area contributed by atoms with E-state index in [1.54, 1.807) is 0 Å². The van der Waals surface area contributed by atoms with Crippen LogP contribution in [0.3, 0.4) is 0 Å². The topological polar surface area (TPSA) is 12.4 Å². The molecule has 0 unspecified atom stereocenters. The molecular formula is C25H21ClNP. The molecule has 28 heavy (non-hydrogen) atoms. The first-order valence-corrected chi connectivity index (χ1v) is 11.4. The zero-order valence-corrected chi connectivity index (χ0v) is 17.1. The summed E-state index contributed by atoms with van der Waals surface area (Å²) in [5.41, 5.74) is 1.12. The lowest BCUT2D eigenvalue weighted by Crippen LogP contribution is -2.25. The number of hydrogen-bond acceptors (Lipinski definition) is 1. The summed E-state index contributed by atoms with van der Waals surface area (Å²) in [5, 5.41) is 4.52. The van der Waals surface area contributed by atoms with Crippen LogP contribution in [0.1, 0.15) is 5.56 Å². The second kappa shape index (κ2) is 8.61. The van der Waals surface area contributed by atoms with Crippen molar-refractivity contribution >= 4 is 34.6 Å². The molecule has 0 spiro atoms. The third-order valence-corrected chi connectivity index (χ3v) is 8.68. The van der Waals surface area contributed by atoms with Crippen molar-refractivity contribution in [3.8, 4) is 0 Å². The summed E-state index contributed by atoms with van der Waals surface area (Å²) in [6.45, 7) is 0.618. The zero-order valence-electron chi connectivity index (χ0n) is 15.4. The van der Waals surface area contributed by atoms with Gasteiger partial charge in [0, 0.05) is 20.9 Å². The molecule has 0 heterocycles. The standard InChI is InChI=1S/C25H21ClNP/c26-22-12-10-11-21(19-22)20-27-28(23-13-4-1-5-14-23,24-15-6-2-7-16-24)25-17-8-3-9-18-25/h1-19H,20H2. The number of benzene rings is 4. The summed E-state index contributed by atoms with van der Waals surface area (Å²) >= 11 is 6.21. The van der Waals surface area contributed by atoms with Crippen molar-refractivity contribution in [1.82, 2.24) is 0 Å². The van der Waals surface area contributed by atoms with E-state index in [4.69, 9.17) is 16.3 Å². The molecule has 0 aliphatic carbocycles. The highest BCUT2D eigenvalue weighted by atomic mass is 35.5. The van der Waals surface area contributed by atoms with E-state index in [2.05, 4.69) is 97.1 Å². The second-order valence-corrected chi connectivity index (χ2v) is 10.1. The van der Waals surface area contributed by atoms with Crippen LogP contribution in [0.5, 0.6) is 0 Å². The summed E-state index contributed by atoms with van der Waals surface area (Å²) in [4.78, 5) is 0. The lowest BCUT2D eigenvalue weighted by Gasteiger charge is -2.27. The van der Waals surface area contributed by atoms with Crippen molar-refractivity contribution in [2.45, 2.75) is 6.54 Å². The van der Waals surface area contributed by atoms with Crippen LogP contribution < -0.4 is 15.9 Å². The first-order chi connectivity index (χ1) is 13.8. The molecule has 0 saturated heterocycles. The molecule has 0 aromatic heterocycles. The van der Waals surface area contributed by atoms with Crippen LogP contribution in [0.2, 0.25) is 5.02 Å². The van der Waals surface area contributed by atoms with Gasteiger partial charge in [-0.05, 0) is 17.7 Å². The molecule has 4 aromatic carbocycles. The van der Waals surface area contributed by atoms with Crippen molar-refractivity contribution in [2.75, 3.05) is 0 Å². The highest BCUT2D eigenvalue weighted by molar-refractivity contribution is 7.87. The highest BCUT2D eigenvalue weighted by Gasteiger charge is 2.26. The maximum absolute atomic E-state index is 6.21. The Labute approximate surface area is 171 Å². The number of hydrogen-bond donors (Lipinski definition) is 0.